The molecule has 0 aliphatic carbocycles. The summed E-state index contributed by atoms with van der Waals surface area (Å²) in [4.78, 5) is 3.94. The molecule has 2 N–H and O–H groups in total. The summed E-state index contributed by atoms with van der Waals surface area (Å²) in [6.45, 7) is 0. The topological polar surface area (TPSA) is 48.1 Å². The molecule has 1 heterocycles. The van der Waals surface area contributed by atoms with E-state index >= 15 is 0 Å². The Kier molecular flexibility index (Phi) is 3.33. The Morgan fingerprint density at radius 2 is 1.50 bits per heavy atom. The molecule has 0 fully saturated rings. The van der Waals surface area contributed by atoms with Crippen molar-refractivity contribution in [2.45, 2.75) is 0 Å². The van der Waals surface area contributed by atoms with Crippen LogP contribution in [0.4, 0.5) is 5.69 Å². The fourth-order valence-electron chi connectivity index (χ4n) is 1.96. The van der Waals surface area contributed by atoms with Gasteiger partial charge in [0.2, 0.25) is 0 Å². The van der Waals surface area contributed by atoms with Crippen molar-refractivity contribution in [3.8, 4) is 22.6 Å². The lowest BCUT2D eigenvalue weighted by Gasteiger charge is -2.08. The minimum atomic E-state index is 0.527. The second kappa shape index (κ2) is 5.45. The number of hydrogen-bond donors (Lipinski definition) is 1. The summed E-state index contributed by atoms with van der Waals surface area (Å²) in [5.41, 5.74) is 8.67. The van der Waals surface area contributed by atoms with Crippen LogP contribution in [0.5, 0.6) is 11.5 Å². The van der Waals surface area contributed by atoms with Crippen molar-refractivity contribution < 1.29 is 4.74 Å². The molecule has 0 amide bonds. The number of nitrogens with zero attached hydrogens (tertiary/aromatic N) is 1. The van der Waals surface area contributed by atoms with Gasteiger partial charge in [-0.1, -0.05) is 42.5 Å². The average Bonchev–Trinajstić information content (AvgIpc) is 2.51. The van der Waals surface area contributed by atoms with E-state index in [1.165, 1.54) is 5.56 Å². The van der Waals surface area contributed by atoms with E-state index in [0.29, 0.717) is 11.4 Å². The molecule has 3 rings (SSSR count). The maximum Gasteiger partial charge on any atom is 0.153 e. The van der Waals surface area contributed by atoms with Crippen LogP contribution in [-0.4, -0.2) is 4.98 Å². The van der Waals surface area contributed by atoms with Gasteiger partial charge in [-0.15, -0.1) is 0 Å². The molecule has 0 radical (unpaired) electrons. The predicted molar refractivity (Wildman–Crippen MR) is 80.6 cm³/mol. The van der Waals surface area contributed by atoms with Crippen molar-refractivity contribution in [2.24, 2.45) is 0 Å². The zero-order chi connectivity index (χ0) is 13.8. The van der Waals surface area contributed by atoms with E-state index in [-0.39, 0.29) is 0 Å². The lowest BCUT2D eigenvalue weighted by molar-refractivity contribution is 0.484. The molecule has 3 heteroatoms. The molecule has 3 aromatic rings. The third-order valence-electron chi connectivity index (χ3n) is 3.00. The molecule has 0 saturated heterocycles. The number of rotatable bonds is 3. The molecule has 20 heavy (non-hydrogen) atoms. The number of ether oxygens (including phenoxy) is 1. The Balaban J connectivity index is 1.82. The van der Waals surface area contributed by atoms with E-state index in [9.17, 15) is 0 Å². The summed E-state index contributed by atoms with van der Waals surface area (Å²) in [5, 5.41) is 0. The number of anilines is 1. The molecule has 1 aromatic heterocycles. The molecule has 0 bridgehead atoms. The van der Waals surface area contributed by atoms with Crippen molar-refractivity contribution in [3.05, 3.63) is 73.1 Å². The van der Waals surface area contributed by atoms with E-state index in [0.717, 1.165) is 11.3 Å². The van der Waals surface area contributed by atoms with Gasteiger partial charge in [-0.3, -0.25) is 4.98 Å². The van der Waals surface area contributed by atoms with Crippen molar-refractivity contribution in [1.82, 2.24) is 4.98 Å². The Bertz CT molecular complexity index is 694. The highest BCUT2D eigenvalue weighted by Gasteiger charge is 2.02. The molecule has 0 saturated carbocycles. The van der Waals surface area contributed by atoms with Gasteiger partial charge in [0.1, 0.15) is 5.75 Å². The van der Waals surface area contributed by atoms with Gasteiger partial charge < -0.3 is 10.5 Å². The lowest BCUT2D eigenvalue weighted by Crippen LogP contribution is -1.92. The van der Waals surface area contributed by atoms with Gasteiger partial charge in [0.05, 0.1) is 11.9 Å². The molecule has 0 atom stereocenters. The summed E-state index contributed by atoms with van der Waals surface area (Å²) in [7, 11) is 0. The highest BCUT2D eigenvalue weighted by atomic mass is 16.5. The monoisotopic (exact) mass is 262 g/mol. The van der Waals surface area contributed by atoms with E-state index < -0.39 is 0 Å². The van der Waals surface area contributed by atoms with Gasteiger partial charge in [-0.25, -0.2) is 0 Å². The first-order chi connectivity index (χ1) is 9.83. The molecule has 98 valence electrons. The van der Waals surface area contributed by atoms with Crippen molar-refractivity contribution in [2.75, 3.05) is 5.73 Å². The first-order valence-corrected chi connectivity index (χ1v) is 6.36. The molecule has 2 aromatic carbocycles. The highest BCUT2D eigenvalue weighted by molar-refractivity contribution is 5.64. The maximum atomic E-state index is 5.80. The first kappa shape index (κ1) is 12.2. The van der Waals surface area contributed by atoms with E-state index in [1.54, 1.807) is 18.5 Å². The van der Waals surface area contributed by atoms with Gasteiger partial charge in [-0.2, -0.15) is 0 Å². The van der Waals surface area contributed by atoms with Crippen LogP contribution >= 0.6 is 0 Å². The van der Waals surface area contributed by atoms with Crippen LogP contribution in [0.1, 0.15) is 0 Å². The van der Waals surface area contributed by atoms with Crippen LogP contribution in [0, 0.1) is 0 Å². The standard InChI is InChI=1S/C17H14N2O/c18-16-12-19-11-10-17(16)20-15-8-6-14(7-9-15)13-4-2-1-3-5-13/h1-12H,18H2. The summed E-state index contributed by atoms with van der Waals surface area (Å²) >= 11 is 0. The van der Waals surface area contributed by atoms with E-state index in [4.69, 9.17) is 10.5 Å². The fraction of sp³-hybridized carbons (Fsp3) is 0. The van der Waals surface area contributed by atoms with Crippen LogP contribution in [0.2, 0.25) is 0 Å². The molecule has 3 nitrogen and oxygen atoms in total. The number of aromatic nitrogens is 1. The number of nitrogens with two attached hydrogens (primary N) is 1. The minimum Gasteiger partial charge on any atom is -0.455 e. The van der Waals surface area contributed by atoms with Crippen molar-refractivity contribution in [1.29, 1.82) is 0 Å². The van der Waals surface area contributed by atoms with Crippen molar-refractivity contribution >= 4 is 5.69 Å². The molecule has 0 unspecified atom stereocenters. The van der Waals surface area contributed by atoms with Crippen LogP contribution in [-0.2, 0) is 0 Å². The Hall–Kier alpha value is -2.81. The second-order valence-electron chi connectivity index (χ2n) is 4.41. The third-order valence-corrected chi connectivity index (χ3v) is 3.00. The first-order valence-electron chi connectivity index (χ1n) is 6.36. The van der Waals surface area contributed by atoms with Crippen LogP contribution in [0.3, 0.4) is 0 Å². The molecule has 0 aliphatic heterocycles. The summed E-state index contributed by atoms with van der Waals surface area (Å²) in [5.74, 6) is 1.37. The average molecular weight is 262 g/mol. The zero-order valence-electron chi connectivity index (χ0n) is 10.9. The van der Waals surface area contributed by atoms with Gasteiger partial charge in [0.15, 0.2) is 5.75 Å². The Morgan fingerprint density at radius 1 is 0.800 bits per heavy atom. The predicted octanol–water partition coefficient (Wildman–Crippen LogP) is 4.12. The zero-order valence-corrected chi connectivity index (χ0v) is 10.9. The number of benzene rings is 2. The number of pyridine rings is 1. The SMILES string of the molecule is Nc1cnccc1Oc1ccc(-c2ccccc2)cc1. The smallest absolute Gasteiger partial charge is 0.153 e. The normalized spacial score (nSPS) is 10.2. The van der Waals surface area contributed by atoms with Gasteiger partial charge in [0, 0.05) is 12.3 Å². The molecule has 0 aliphatic rings. The lowest BCUT2D eigenvalue weighted by atomic mass is 10.1. The quantitative estimate of drug-likeness (QED) is 0.772. The minimum absolute atomic E-state index is 0.527. The molecule has 0 spiro atoms. The van der Waals surface area contributed by atoms with Crippen LogP contribution in [0.25, 0.3) is 11.1 Å². The Morgan fingerprint density at radius 3 is 2.20 bits per heavy atom. The third kappa shape index (κ3) is 2.62. The fourth-order valence-corrected chi connectivity index (χ4v) is 1.96. The van der Waals surface area contributed by atoms with Gasteiger partial charge in [0.25, 0.3) is 0 Å². The van der Waals surface area contributed by atoms with Crippen LogP contribution < -0.4 is 10.5 Å². The second-order valence-corrected chi connectivity index (χ2v) is 4.41. The van der Waals surface area contributed by atoms with Crippen LogP contribution in [0.15, 0.2) is 73.1 Å². The largest absolute Gasteiger partial charge is 0.455 e. The molecular formula is C17H14N2O. The summed E-state index contributed by atoms with van der Waals surface area (Å²) in [6.07, 6.45) is 3.23. The summed E-state index contributed by atoms with van der Waals surface area (Å²) < 4.78 is 5.73. The van der Waals surface area contributed by atoms with Gasteiger partial charge in [-0.05, 0) is 23.3 Å². The van der Waals surface area contributed by atoms with E-state index in [2.05, 4.69) is 17.1 Å². The summed E-state index contributed by atoms with van der Waals surface area (Å²) in [6, 6.07) is 19.9. The molecular weight excluding hydrogens is 248 g/mol. The Labute approximate surface area is 117 Å². The highest BCUT2D eigenvalue weighted by Crippen LogP contribution is 2.28. The number of hydrogen-bond acceptors (Lipinski definition) is 3. The van der Waals surface area contributed by atoms with E-state index in [1.807, 2.05) is 42.5 Å². The number of nitrogen functional groups attached to an aromatic ring is 1. The van der Waals surface area contributed by atoms with Gasteiger partial charge >= 0.3 is 0 Å². The van der Waals surface area contributed by atoms with Crippen molar-refractivity contribution in [3.63, 3.8) is 0 Å². The maximum absolute atomic E-state index is 5.80.